The molecule has 2 heteroatoms. The van der Waals surface area contributed by atoms with Crippen LogP contribution in [0, 0.1) is 0 Å². The Balaban J connectivity index is 2.15. The minimum Gasteiger partial charge on any atom is -0.329 e. The summed E-state index contributed by atoms with van der Waals surface area (Å²) < 4.78 is 0. The molecule has 0 aromatic heterocycles. The molecule has 60 valence electrons. The molecule has 0 aliphatic carbocycles. The summed E-state index contributed by atoms with van der Waals surface area (Å²) in [5.74, 6) is 0. The van der Waals surface area contributed by atoms with Crippen molar-refractivity contribution in [1.82, 2.24) is 5.32 Å². The normalized spacial score (nSPS) is 33.0. The van der Waals surface area contributed by atoms with E-state index in [0.717, 1.165) is 12.6 Å². The third-order valence-electron chi connectivity index (χ3n) is 2.26. The standard InChI is InChI=1S/C8H18N2/c1-2-3-7-4-5-8(6-9)10-7/h7-8,10H,2-6,9H2,1H3. The summed E-state index contributed by atoms with van der Waals surface area (Å²) in [4.78, 5) is 0. The summed E-state index contributed by atoms with van der Waals surface area (Å²) in [6.07, 6.45) is 5.21. The van der Waals surface area contributed by atoms with Crippen molar-refractivity contribution in [3.8, 4) is 0 Å². The zero-order chi connectivity index (χ0) is 7.40. The number of hydrogen-bond acceptors (Lipinski definition) is 2. The zero-order valence-corrected chi connectivity index (χ0v) is 6.77. The first kappa shape index (κ1) is 8.02. The Morgan fingerprint density at radius 3 is 2.60 bits per heavy atom. The average Bonchev–Trinajstić information content (AvgIpc) is 2.37. The molecule has 2 nitrogen and oxygen atoms in total. The summed E-state index contributed by atoms with van der Waals surface area (Å²) in [5.41, 5.74) is 5.53. The van der Waals surface area contributed by atoms with Crippen molar-refractivity contribution in [2.75, 3.05) is 6.54 Å². The maximum absolute atomic E-state index is 5.53. The largest absolute Gasteiger partial charge is 0.329 e. The van der Waals surface area contributed by atoms with Crippen molar-refractivity contribution in [3.05, 3.63) is 0 Å². The van der Waals surface area contributed by atoms with E-state index in [4.69, 9.17) is 5.73 Å². The molecule has 1 heterocycles. The smallest absolute Gasteiger partial charge is 0.0193 e. The van der Waals surface area contributed by atoms with E-state index in [1.165, 1.54) is 25.7 Å². The molecular formula is C8H18N2. The van der Waals surface area contributed by atoms with Crippen molar-refractivity contribution >= 4 is 0 Å². The lowest BCUT2D eigenvalue weighted by Gasteiger charge is -2.10. The molecule has 2 atom stereocenters. The Hall–Kier alpha value is -0.0800. The molecule has 0 saturated carbocycles. The topological polar surface area (TPSA) is 38.0 Å². The zero-order valence-electron chi connectivity index (χ0n) is 6.77. The molecular weight excluding hydrogens is 124 g/mol. The van der Waals surface area contributed by atoms with E-state index in [0.29, 0.717) is 6.04 Å². The van der Waals surface area contributed by atoms with Gasteiger partial charge in [0.15, 0.2) is 0 Å². The predicted molar refractivity (Wildman–Crippen MR) is 43.9 cm³/mol. The van der Waals surface area contributed by atoms with Gasteiger partial charge in [0.05, 0.1) is 0 Å². The lowest BCUT2D eigenvalue weighted by Crippen LogP contribution is -2.34. The Morgan fingerprint density at radius 1 is 1.40 bits per heavy atom. The van der Waals surface area contributed by atoms with Gasteiger partial charge in [0.25, 0.3) is 0 Å². The Kier molecular flexibility index (Phi) is 3.16. The monoisotopic (exact) mass is 142 g/mol. The summed E-state index contributed by atoms with van der Waals surface area (Å²) >= 11 is 0. The molecule has 0 spiro atoms. The minimum absolute atomic E-state index is 0.608. The van der Waals surface area contributed by atoms with E-state index >= 15 is 0 Å². The third-order valence-corrected chi connectivity index (χ3v) is 2.26. The van der Waals surface area contributed by atoms with Crippen LogP contribution in [0.25, 0.3) is 0 Å². The number of nitrogens with one attached hydrogen (secondary N) is 1. The summed E-state index contributed by atoms with van der Waals surface area (Å²) in [6, 6.07) is 1.37. The van der Waals surface area contributed by atoms with Gasteiger partial charge in [0, 0.05) is 18.6 Å². The van der Waals surface area contributed by atoms with Gasteiger partial charge >= 0.3 is 0 Å². The Morgan fingerprint density at radius 2 is 2.10 bits per heavy atom. The highest BCUT2D eigenvalue weighted by atomic mass is 15.0. The molecule has 0 bridgehead atoms. The molecule has 0 aromatic rings. The van der Waals surface area contributed by atoms with Crippen molar-refractivity contribution in [1.29, 1.82) is 0 Å². The van der Waals surface area contributed by atoms with Gasteiger partial charge in [-0.2, -0.15) is 0 Å². The van der Waals surface area contributed by atoms with E-state index in [2.05, 4.69) is 12.2 Å². The van der Waals surface area contributed by atoms with Gasteiger partial charge in [-0.15, -0.1) is 0 Å². The Bertz CT molecular complexity index is 93.3. The second-order valence-electron chi connectivity index (χ2n) is 3.16. The first-order valence-electron chi connectivity index (χ1n) is 4.33. The third kappa shape index (κ3) is 1.96. The highest BCUT2D eigenvalue weighted by Crippen LogP contribution is 2.14. The molecule has 1 fully saturated rings. The first-order chi connectivity index (χ1) is 4.86. The van der Waals surface area contributed by atoms with Crippen LogP contribution in [0.4, 0.5) is 0 Å². The molecule has 1 aliphatic heterocycles. The van der Waals surface area contributed by atoms with Gasteiger partial charge in [-0.05, 0) is 19.3 Å². The van der Waals surface area contributed by atoms with Crippen LogP contribution in [-0.2, 0) is 0 Å². The average molecular weight is 142 g/mol. The molecule has 10 heavy (non-hydrogen) atoms. The number of nitrogens with two attached hydrogens (primary N) is 1. The van der Waals surface area contributed by atoms with Crippen LogP contribution in [0.3, 0.4) is 0 Å². The summed E-state index contributed by atoms with van der Waals surface area (Å²) in [6.45, 7) is 3.04. The SMILES string of the molecule is CCCC1CCC(CN)N1. The van der Waals surface area contributed by atoms with Crippen LogP contribution in [0.15, 0.2) is 0 Å². The highest BCUT2D eigenvalue weighted by Gasteiger charge is 2.20. The maximum atomic E-state index is 5.53. The van der Waals surface area contributed by atoms with Crippen molar-refractivity contribution < 1.29 is 0 Å². The van der Waals surface area contributed by atoms with E-state index < -0.39 is 0 Å². The fourth-order valence-electron chi connectivity index (χ4n) is 1.66. The minimum atomic E-state index is 0.608. The van der Waals surface area contributed by atoms with Gasteiger partial charge < -0.3 is 11.1 Å². The van der Waals surface area contributed by atoms with Crippen LogP contribution in [0.2, 0.25) is 0 Å². The molecule has 0 radical (unpaired) electrons. The highest BCUT2D eigenvalue weighted by molar-refractivity contribution is 4.83. The molecule has 1 aliphatic rings. The Labute approximate surface area is 63.2 Å². The van der Waals surface area contributed by atoms with Crippen LogP contribution in [0.5, 0.6) is 0 Å². The summed E-state index contributed by atoms with van der Waals surface area (Å²) in [7, 11) is 0. The predicted octanol–water partition coefficient (Wildman–Crippen LogP) is 0.866. The molecule has 1 saturated heterocycles. The fraction of sp³-hybridized carbons (Fsp3) is 1.00. The molecule has 0 aromatic carbocycles. The van der Waals surface area contributed by atoms with Crippen molar-refractivity contribution in [2.45, 2.75) is 44.7 Å². The van der Waals surface area contributed by atoms with Gasteiger partial charge in [0.2, 0.25) is 0 Å². The van der Waals surface area contributed by atoms with E-state index in [1.807, 2.05) is 0 Å². The number of hydrogen-bond donors (Lipinski definition) is 2. The lowest BCUT2D eigenvalue weighted by atomic mass is 10.1. The van der Waals surface area contributed by atoms with E-state index in [9.17, 15) is 0 Å². The van der Waals surface area contributed by atoms with E-state index in [-0.39, 0.29) is 0 Å². The van der Waals surface area contributed by atoms with Crippen LogP contribution < -0.4 is 11.1 Å². The second kappa shape index (κ2) is 3.94. The van der Waals surface area contributed by atoms with Crippen LogP contribution in [-0.4, -0.2) is 18.6 Å². The molecule has 1 rings (SSSR count). The van der Waals surface area contributed by atoms with E-state index in [1.54, 1.807) is 0 Å². The van der Waals surface area contributed by atoms with Gasteiger partial charge in [-0.3, -0.25) is 0 Å². The first-order valence-corrected chi connectivity index (χ1v) is 4.33. The van der Waals surface area contributed by atoms with Gasteiger partial charge in [-0.1, -0.05) is 13.3 Å². The van der Waals surface area contributed by atoms with Crippen LogP contribution in [0.1, 0.15) is 32.6 Å². The summed E-state index contributed by atoms with van der Waals surface area (Å²) in [5, 5.41) is 3.52. The fourth-order valence-corrected chi connectivity index (χ4v) is 1.66. The number of rotatable bonds is 3. The lowest BCUT2D eigenvalue weighted by molar-refractivity contribution is 0.509. The van der Waals surface area contributed by atoms with Gasteiger partial charge in [0.1, 0.15) is 0 Å². The van der Waals surface area contributed by atoms with Crippen LogP contribution >= 0.6 is 0 Å². The van der Waals surface area contributed by atoms with Gasteiger partial charge in [-0.25, -0.2) is 0 Å². The second-order valence-corrected chi connectivity index (χ2v) is 3.16. The molecule has 0 amide bonds. The van der Waals surface area contributed by atoms with Crippen molar-refractivity contribution in [2.24, 2.45) is 5.73 Å². The van der Waals surface area contributed by atoms with Crippen molar-refractivity contribution in [3.63, 3.8) is 0 Å². The maximum Gasteiger partial charge on any atom is 0.0193 e. The quantitative estimate of drug-likeness (QED) is 0.613. The molecule has 3 N–H and O–H groups in total. The molecule has 2 unspecified atom stereocenters.